The van der Waals surface area contributed by atoms with E-state index in [0.717, 1.165) is 22.4 Å². The number of hydrogen-bond donors (Lipinski definition) is 1. The number of aromatic nitrogens is 1. The number of aryl methyl sites for hydroxylation is 1. The molecule has 0 spiro atoms. The Hall–Kier alpha value is -1.58. The standard InChI is InChI=1S/C15H17ClN2O/c1-10-3-4-15(19-2)12(7-10)14(17)8-11-5-6-18-9-13(11)16/h3-7,9,14H,8,17H2,1-2H3. The van der Waals surface area contributed by atoms with Crippen molar-refractivity contribution in [3.05, 3.63) is 58.4 Å². The van der Waals surface area contributed by atoms with Gasteiger partial charge in [0.1, 0.15) is 5.75 Å². The first-order valence-electron chi connectivity index (χ1n) is 6.10. The average molecular weight is 277 g/mol. The van der Waals surface area contributed by atoms with E-state index in [9.17, 15) is 0 Å². The highest BCUT2D eigenvalue weighted by atomic mass is 35.5. The first-order valence-corrected chi connectivity index (χ1v) is 6.48. The van der Waals surface area contributed by atoms with E-state index < -0.39 is 0 Å². The van der Waals surface area contributed by atoms with E-state index in [1.807, 2.05) is 25.1 Å². The smallest absolute Gasteiger partial charge is 0.123 e. The van der Waals surface area contributed by atoms with Crippen molar-refractivity contribution >= 4 is 11.6 Å². The molecule has 0 aliphatic carbocycles. The number of ether oxygens (including phenoxy) is 1. The second-order valence-corrected chi connectivity index (χ2v) is 4.93. The number of hydrogen-bond acceptors (Lipinski definition) is 3. The van der Waals surface area contributed by atoms with Gasteiger partial charge in [0.15, 0.2) is 0 Å². The molecule has 0 radical (unpaired) electrons. The molecule has 1 unspecified atom stereocenters. The van der Waals surface area contributed by atoms with Crippen LogP contribution in [0.25, 0.3) is 0 Å². The first kappa shape index (κ1) is 13.8. The third kappa shape index (κ3) is 3.25. The highest BCUT2D eigenvalue weighted by Crippen LogP contribution is 2.28. The summed E-state index contributed by atoms with van der Waals surface area (Å²) in [4.78, 5) is 3.98. The predicted octanol–water partition coefficient (Wildman–Crippen LogP) is 3.29. The maximum Gasteiger partial charge on any atom is 0.123 e. The maximum absolute atomic E-state index is 6.28. The molecule has 1 aromatic carbocycles. The van der Waals surface area contributed by atoms with Crippen LogP contribution < -0.4 is 10.5 Å². The highest BCUT2D eigenvalue weighted by molar-refractivity contribution is 6.31. The van der Waals surface area contributed by atoms with Crippen molar-refractivity contribution in [1.82, 2.24) is 4.98 Å². The highest BCUT2D eigenvalue weighted by Gasteiger charge is 2.14. The lowest BCUT2D eigenvalue weighted by Gasteiger charge is -2.17. The summed E-state index contributed by atoms with van der Waals surface area (Å²) < 4.78 is 5.36. The van der Waals surface area contributed by atoms with Gasteiger partial charge < -0.3 is 10.5 Å². The molecule has 2 aromatic rings. The fourth-order valence-corrected chi connectivity index (χ4v) is 2.26. The Morgan fingerprint density at radius 1 is 1.37 bits per heavy atom. The summed E-state index contributed by atoms with van der Waals surface area (Å²) in [5, 5.41) is 0.643. The van der Waals surface area contributed by atoms with Crippen molar-refractivity contribution in [2.45, 2.75) is 19.4 Å². The van der Waals surface area contributed by atoms with Gasteiger partial charge in [0.2, 0.25) is 0 Å². The maximum atomic E-state index is 6.28. The van der Waals surface area contributed by atoms with Crippen LogP contribution in [0, 0.1) is 6.92 Å². The minimum absolute atomic E-state index is 0.158. The molecule has 100 valence electrons. The Bertz CT molecular complexity index is 572. The lowest BCUT2D eigenvalue weighted by atomic mass is 9.98. The molecule has 4 heteroatoms. The number of methoxy groups -OCH3 is 1. The Morgan fingerprint density at radius 3 is 2.84 bits per heavy atom. The zero-order valence-electron chi connectivity index (χ0n) is 11.1. The summed E-state index contributed by atoms with van der Waals surface area (Å²) in [5.74, 6) is 0.809. The second kappa shape index (κ2) is 6.04. The quantitative estimate of drug-likeness (QED) is 0.932. The summed E-state index contributed by atoms with van der Waals surface area (Å²) in [5.41, 5.74) is 9.43. The monoisotopic (exact) mass is 276 g/mol. The van der Waals surface area contributed by atoms with Gasteiger partial charge in [-0.15, -0.1) is 0 Å². The van der Waals surface area contributed by atoms with Gasteiger partial charge in [0.05, 0.1) is 12.1 Å². The molecule has 1 atom stereocenters. The molecule has 1 aromatic heterocycles. The van der Waals surface area contributed by atoms with E-state index in [1.54, 1.807) is 19.5 Å². The van der Waals surface area contributed by atoms with E-state index in [1.165, 1.54) is 0 Å². The topological polar surface area (TPSA) is 48.1 Å². The van der Waals surface area contributed by atoms with Gasteiger partial charge in [0, 0.05) is 24.0 Å². The van der Waals surface area contributed by atoms with Crippen molar-refractivity contribution in [3.63, 3.8) is 0 Å². The van der Waals surface area contributed by atoms with Crippen LogP contribution in [0.3, 0.4) is 0 Å². The molecule has 3 nitrogen and oxygen atoms in total. The molecule has 0 saturated carbocycles. The van der Waals surface area contributed by atoms with Gasteiger partial charge in [-0.2, -0.15) is 0 Å². The fraction of sp³-hybridized carbons (Fsp3) is 0.267. The van der Waals surface area contributed by atoms with E-state index in [-0.39, 0.29) is 6.04 Å². The number of nitrogens with zero attached hydrogens (tertiary/aromatic N) is 1. The Kier molecular flexibility index (Phi) is 4.40. The van der Waals surface area contributed by atoms with E-state index in [2.05, 4.69) is 11.1 Å². The van der Waals surface area contributed by atoms with Gasteiger partial charge in [-0.25, -0.2) is 0 Å². The lowest BCUT2D eigenvalue weighted by Crippen LogP contribution is -2.15. The molecule has 0 saturated heterocycles. The molecular formula is C15H17ClN2O. The summed E-state index contributed by atoms with van der Waals surface area (Å²) in [6, 6.07) is 7.74. The van der Waals surface area contributed by atoms with E-state index >= 15 is 0 Å². The largest absolute Gasteiger partial charge is 0.496 e. The van der Waals surface area contributed by atoms with Crippen molar-refractivity contribution in [2.24, 2.45) is 5.73 Å². The molecule has 0 aliphatic rings. The van der Waals surface area contributed by atoms with Crippen LogP contribution in [0.5, 0.6) is 5.75 Å². The van der Waals surface area contributed by atoms with Gasteiger partial charge in [0.25, 0.3) is 0 Å². The van der Waals surface area contributed by atoms with Crippen molar-refractivity contribution in [3.8, 4) is 5.75 Å². The minimum atomic E-state index is -0.158. The molecule has 0 bridgehead atoms. The molecular weight excluding hydrogens is 260 g/mol. The van der Waals surface area contributed by atoms with E-state index in [0.29, 0.717) is 11.4 Å². The van der Waals surface area contributed by atoms with Crippen LogP contribution in [0.2, 0.25) is 5.02 Å². The van der Waals surface area contributed by atoms with Crippen LogP contribution in [0.4, 0.5) is 0 Å². The van der Waals surface area contributed by atoms with Crippen LogP contribution in [0.15, 0.2) is 36.7 Å². The third-order valence-electron chi connectivity index (χ3n) is 3.08. The first-order chi connectivity index (χ1) is 9.11. The van der Waals surface area contributed by atoms with Gasteiger partial charge in [-0.05, 0) is 31.0 Å². The number of rotatable bonds is 4. The molecule has 2 N–H and O–H groups in total. The summed E-state index contributed by atoms with van der Waals surface area (Å²) in [7, 11) is 1.65. The predicted molar refractivity (Wildman–Crippen MR) is 77.6 cm³/mol. The minimum Gasteiger partial charge on any atom is -0.496 e. The van der Waals surface area contributed by atoms with Gasteiger partial charge in [-0.3, -0.25) is 4.98 Å². The van der Waals surface area contributed by atoms with Crippen LogP contribution in [-0.2, 0) is 6.42 Å². The molecule has 0 amide bonds. The molecule has 0 aliphatic heterocycles. The van der Waals surface area contributed by atoms with Crippen LogP contribution >= 0.6 is 11.6 Å². The van der Waals surface area contributed by atoms with Crippen LogP contribution in [-0.4, -0.2) is 12.1 Å². The second-order valence-electron chi connectivity index (χ2n) is 4.52. The zero-order chi connectivity index (χ0) is 13.8. The Balaban J connectivity index is 2.27. The molecule has 2 rings (SSSR count). The lowest BCUT2D eigenvalue weighted by molar-refractivity contribution is 0.405. The summed E-state index contributed by atoms with van der Waals surface area (Å²) >= 11 is 6.11. The number of halogens is 1. The average Bonchev–Trinajstić information content (AvgIpc) is 2.41. The summed E-state index contributed by atoms with van der Waals surface area (Å²) in [6.07, 6.45) is 4.01. The van der Waals surface area contributed by atoms with Crippen molar-refractivity contribution < 1.29 is 4.74 Å². The number of nitrogens with two attached hydrogens (primary N) is 1. The normalized spacial score (nSPS) is 12.2. The Labute approximate surface area is 118 Å². The SMILES string of the molecule is COc1ccc(C)cc1C(N)Cc1ccncc1Cl. The zero-order valence-corrected chi connectivity index (χ0v) is 11.8. The summed E-state index contributed by atoms with van der Waals surface area (Å²) in [6.45, 7) is 2.04. The van der Waals surface area contributed by atoms with Gasteiger partial charge >= 0.3 is 0 Å². The molecule has 0 fully saturated rings. The van der Waals surface area contributed by atoms with E-state index in [4.69, 9.17) is 22.1 Å². The number of benzene rings is 1. The Morgan fingerprint density at radius 2 is 2.16 bits per heavy atom. The third-order valence-corrected chi connectivity index (χ3v) is 3.42. The van der Waals surface area contributed by atoms with Crippen LogP contribution in [0.1, 0.15) is 22.7 Å². The van der Waals surface area contributed by atoms with Gasteiger partial charge in [-0.1, -0.05) is 29.3 Å². The van der Waals surface area contributed by atoms with Crippen molar-refractivity contribution in [2.75, 3.05) is 7.11 Å². The fourth-order valence-electron chi connectivity index (χ4n) is 2.06. The number of pyridine rings is 1. The van der Waals surface area contributed by atoms with Crippen molar-refractivity contribution in [1.29, 1.82) is 0 Å². The molecule has 1 heterocycles. The molecule has 19 heavy (non-hydrogen) atoms.